The summed E-state index contributed by atoms with van der Waals surface area (Å²) in [4.78, 5) is 57.8. The van der Waals surface area contributed by atoms with Gasteiger partial charge in [-0.1, -0.05) is 25.0 Å². The molecule has 0 bridgehead atoms. The molecule has 3 atom stereocenters. The smallest absolute Gasteiger partial charge is 0.261 e. The number of likely N-dealkylation sites (tertiary alicyclic amines) is 2. The van der Waals surface area contributed by atoms with E-state index < -0.39 is 18.0 Å². The van der Waals surface area contributed by atoms with Crippen molar-refractivity contribution in [3.05, 3.63) is 35.4 Å². The molecule has 3 aliphatic heterocycles. The summed E-state index contributed by atoms with van der Waals surface area (Å²) in [5.74, 6) is -1.01. The molecule has 0 radical (unpaired) electrons. The summed E-state index contributed by atoms with van der Waals surface area (Å²) in [6, 6.07) is 6.05. The number of imide groups is 1. The summed E-state index contributed by atoms with van der Waals surface area (Å²) in [6.07, 6.45) is 6.64. The van der Waals surface area contributed by atoms with Crippen LogP contribution < -0.4 is 0 Å². The van der Waals surface area contributed by atoms with Crippen LogP contribution in [0.15, 0.2) is 24.3 Å². The van der Waals surface area contributed by atoms with E-state index in [1.54, 1.807) is 29.2 Å². The molecule has 0 spiro atoms. The van der Waals surface area contributed by atoms with Crippen molar-refractivity contribution in [2.24, 2.45) is 5.92 Å². The highest BCUT2D eigenvalue weighted by atomic mass is 16.2. The largest absolute Gasteiger partial charge is 0.341 e. The highest BCUT2D eigenvalue weighted by molar-refractivity contribution is 6.21. The first kappa shape index (κ1) is 20.2. The highest BCUT2D eigenvalue weighted by Crippen LogP contribution is 2.36. The van der Waals surface area contributed by atoms with E-state index in [2.05, 4.69) is 0 Å². The SMILES string of the molecule is O=C([C@@H]1CCCN1C(=O)[C@@H]1CCCC[C@H]1N1C(=O)c2ccccc2C1=O)N1CCCC1. The fourth-order valence-electron chi connectivity index (χ4n) is 5.87. The Morgan fingerprint density at radius 1 is 0.742 bits per heavy atom. The van der Waals surface area contributed by atoms with Crippen molar-refractivity contribution in [2.75, 3.05) is 19.6 Å². The minimum Gasteiger partial charge on any atom is -0.341 e. The summed E-state index contributed by atoms with van der Waals surface area (Å²) < 4.78 is 0. The number of hydrogen-bond donors (Lipinski definition) is 0. The van der Waals surface area contributed by atoms with E-state index in [0.29, 0.717) is 36.9 Å². The van der Waals surface area contributed by atoms with Gasteiger partial charge in [0.15, 0.2) is 0 Å². The van der Waals surface area contributed by atoms with Crippen LogP contribution in [0.3, 0.4) is 0 Å². The normalized spacial score (nSPS) is 28.4. The molecule has 1 aliphatic carbocycles. The van der Waals surface area contributed by atoms with Gasteiger partial charge in [-0.3, -0.25) is 24.1 Å². The summed E-state index contributed by atoms with van der Waals surface area (Å²) in [5.41, 5.74) is 0.847. The van der Waals surface area contributed by atoms with Gasteiger partial charge in [-0.05, 0) is 50.7 Å². The molecule has 31 heavy (non-hydrogen) atoms. The second-order valence-corrected chi connectivity index (χ2v) is 9.21. The summed E-state index contributed by atoms with van der Waals surface area (Å²) in [7, 11) is 0. The number of benzene rings is 1. The first-order chi connectivity index (χ1) is 15.1. The zero-order valence-corrected chi connectivity index (χ0v) is 17.8. The van der Waals surface area contributed by atoms with Gasteiger partial charge in [0.2, 0.25) is 11.8 Å². The summed E-state index contributed by atoms with van der Waals surface area (Å²) in [5, 5.41) is 0. The van der Waals surface area contributed by atoms with E-state index >= 15 is 0 Å². The molecule has 3 heterocycles. The Morgan fingerprint density at radius 3 is 2.06 bits per heavy atom. The van der Waals surface area contributed by atoms with Gasteiger partial charge < -0.3 is 9.80 Å². The average Bonchev–Trinajstić information content (AvgIpc) is 3.54. The summed E-state index contributed by atoms with van der Waals surface area (Å²) >= 11 is 0. The van der Waals surface area contributed by atoms with Crippen LogP contribution in [0.2, 0.25) is 0 Å². The Hall–Kier alpha value is -2.70. The third kappa shape index (κ3) is 3.34. The molecule has 1 aromatic carbocycles. The lowest BCUT2D eigenvalue weighted by atomic mass is 9.82. The highest BCUT2D eigenvalue weighted by Gasteiger charge is 2.48. The Kier molecular flexibility index (Phi) is 5.28. The molecule has 7 nitrogen and oxygen atoms in total. The number of carbonyl (C=O) groups excluding carboxylic acids is 4. The Morgan fingerprint density at radius 2 is 1.39 bits per heavy atom. The molecular formula is C24H29N3O4. The minimum absolute atomic E-state index is 0.0590. The Bertz CT molecular complexity index is 888. The molecule has 2 saturated heterocycles. The van der Waals surface area contributed by atoms with Crippen molar-refractivity contribution in [2.45, 2.75) is 63.5 Å². The van der Waals surface area contributed by atoms with Crippen LogP contribution in [0.4, 0.5) is 0 Å². The maximum Gasteiger partial charge on any atom is 0.261 e. The van der Waals surface area contributed by atoms with Crippen molar-refractivity contribution in [1.82, 2.24) is 14.7 Å². The van der Waals surface area contributed by atoms with E-state index in [4.69, 9.17) is 0 Å². The maximum atomic E-state index is 13.7. The number of nitrogens with zero attached hydrogens (tertiary/aromatic N) is 3. The van der Waals surface area contributed by atoms with E-state index in [1.165, 1.54) is 4.90 Å². The molecule has 4 aliphatic rings. The van der Waals surface area contributed by atoms with Gasteiger partial charge in [0.25, 0.3) is 11.8 Å². The zero-order chi connectivity index (χ0) is 21.5. The van der Waals surface area contributed by atoms with Crippen LogP contribution in [0.25, 0.3) is 0 Å². The fraction of sp³-hybridized carbons (Fsp3) is 0.583. The van der Waals surface area contributed by atoms with E-state index in [9.17, 15) is 19.2 Å². The van der Waals surface area contributed by atoms with Gasteiger partial charge in [0, 0.05) is 19.6 Å². The number of fused-ring (bicyclic) bond motifs is 1. The van der Waals surface area contributed by atoms with Crippen LogP contribution in [-0.2, 0) is 9.59 Å². The lowest BCUT2D eigenvalue weighted by Crippen LogP contribution is -2.54. The molecule has 1 aromatic rings. The number of carbonyl (C=O) groups is 4. The fourth-order valence-corrected chi connectivity index (χ4v) is 5.87. The van der Waals surface area contributed by atoms with Gasteiger partial charge in [-0.15, -0.1) is 0 Å². The van der Waals surface area contributed by atoms with Gasteiger partial charge >= 0.3 is 0 Å². The minimum atomic E-state index is -0.434. The maximum absolute atomic E-state index is 13.7. The monoisotopic (exact) mass is 423 g/mol. The number of amides is 4. The first-order valence-corrected chi connectivity index (χ1v) is 11.6. The molecule has 0 N–H and O–H groups in total. The third-order valence-electron chi connectivity index (χ3n) is 7.44. The molecule has 5 rings (SSSR count). The molecule has 7 heteroatoms. The molecule has 4 amide bonds. The van der Waals surface area contributed by atoms with Crippen LogP contribution in [0.5, 0.6) is 0 Å². The van der Waals surface area contributed by atoms with Crippen molar-refractivity contribution in [3.8, 4) is 0 Å². The van der Waals surface area contributed by atoms with Crippen LogP contribution in [-0.4, -0.2) is 70.0 Å². The first-order valence-electron chi connectivity index (χ1n) is 11.6. The van der Waals surface area contributed by atoms with Crippen LogP contribution >= 0.6 is 0 Å². The van der Waals surface area contributed by atoms with E-state index in [0.717, 1.165) is 45.2 Å². The lowest BCUT2D eigenvalue weighted by molar-refractivity contribution is -0.147. The topological polar surface area (TPSA) is 78.0 Å². The zero-order valence-electron chi connectivity index (χ0n) is 17.8. The predicted octanol–water partition coefficient (Wildman–Crippen LogP) is 2.45. The lowest BCUT2D eigenvalue weighted by Gasteiger charge is -2.39. The Labute approximate surface area is 182 Å². The van der Waals surface area contributed by atoms with Crippen molar-refractivity contribution < 1.29 is 19.2 Å². The molecule has 1 saturated carbocycles. The quantitative estimate of drug-likeness (QED) is 0.700. The van der Waals surface area contributed by atoms with E-state index in [1.807, 2.05) is 4.90 Å². The van der Waals surface area contributed by atoms with Gasteiger partial charge in [-0.2, -0.15) is 0 Å². The molecule has 0 aromatic heterocycles. The molecule has 0 unspecified atom stereocenters. The third-order valence-corrected chi connectivity index (χ3v) is 7.44. The standard InChI is InChI=1S/C24H29N3O4/c28-21(26-15-7-12-20(26)24(31)25-13-5-6-14-25)18-10-3-4-11-19(18)27-22(29)16-8-1-2-9-17(16)23(27)30/h1-2,8-9,18-20H,3-7,10-15H2/t18-,19-,20+/m1/s1. The molecular weight excluding hydrogens is 394 g/mol. The van der Waals surface area contributed by atoms with Crippen molar-refractivity contribution >= 4 is 23.6 Å². The van der Waals surface area contributed by atoms with Crippen LogP contribution in [0.1, 0.15) is 72.1 Å². The number of rotatable bonds is 3. The second kappa shape index (κ2) is 8.09. The van der Waals surface area contributed by atoms with E-state index in [-0.39, 0.29) is 23.6 Å². The number of hydrogen-bond acceptors (Lipinski definition) is 4. The van der Waals surface area contributed by atoms with Crippen LogP contribution in [0, 0.1) is 5.92 Å². The Balaban J connectivity index is 1.38. The predicted molar refractivity (Wildman–Crippen MR) is 113 cm³/mol. The van der Waals surface area contributed by atoms with Crippen molar-refractivity contribution in [3.63, 3.8) is 0 Å². The second-order valence-electron chi connectivity index (χ2n) is 9.21. The average molecular weight is 424 g/mol. The molecule has 164 valence electrons. The van der Waals surface area contributed by atoms with Crippen molar-refractivity contribution in [1.29, 1.82) is 0 Å². The molecule has 3 fully saturated rings. The van der Waals surface area contributed by atoms with Gasteiger partial charge in [0.05, 0.1) is 23.1 Å². The summed E-state index contributed by atoms with van der Waals surface area (Å²) in [6.45, 7) is 2.13. The van der Waals surface area contributed by atoms with Gasteiger partial charge in [-0.25, -0.2) is 0 Å². The van der Waals surface area contributed by atoms with Gasteiger partial charge in [0.1, 0.15) is 6.04 Å².